The van der Waals surface area contributed by atoms with Crippen LogP contribution < -0.4 is 4.90 Å². The lowest BCUT2D eigenvalue weighted by atomic mass is 9.98. The zero-order valence-electron chi connectivity index (χ0n) is 13.1. The highest BCUT2D eigenvalue weighted by molar-refractivity contribution is 5.94. The van der Waals surface area contributed by atoms with Gasteiger partial charge in [0.05, 0.1) is 0 Å². The van der Waals surface area contributed by atoms with Gasteiger partial charge in [0.25, 0.3) is 5.91 Å². The lowest BCUT2D eigenvalue weighted by molar-refractivity contribution is 0.0621. The van der Waals surface area contributed by atoms with Crippen LogP contribution in [0.25, 0.3) is 0 Å². The van der Waals surface area contributed by atoms with Crippen molar-refractivity contribution in [3.8, 4) is 0 Å². The van der Waals surface area contributed by atoms with Gasteiger partial charge in [-0.15, -0.1) is 0 Å². The summed E-state index contributed by atoms with van der Waals surface area (Å²) < 4.78 is 0. The number of piperidine rings is 1. The van der Waals surface area contributed by atoms with Gasteiger partial charge in [0, 0.05) is 44.0 Å². The fourth-order valence-corrected chi connectivity index (χ4v) is 2.98. The maximum Gasteiger partial charge on any atom is 0.253 e. The van der Waals surface area contributed by atoms with Crippen molar-refractivity contribution < 1.29 is 9.90 Å². The maximum absolute atomic E-state index is 12.5. The van der Waals surface area contributed by atoms with Gasteiger partial charge < -0.3 is 14.9 Å². The Kier molecular flexibility index (Phi) is 5.62. The molecule has 21 heavy (non-hydrogen) atoms. The summed E-state index contributed by atoms with van der Waals surface area (Å²) in [6.07, 6.45) is 2.00. The normalized spacial score (nSPS) is 18.6. The van der Waals surface area contributed by atoms with Crippen LogP contribution in [-0.4, -0.2) is 48.7 Å². The van der Waals surface area contributed by atoms with Crippen molar-refractivity contribution in [2.75, 3.05) is 37.7 Å². The van der Waals surface area contributed by atoms with E-state index in [2.05, 4.69) is 18.7 Å². The number of carbonyl (C=O) groups excluding carboxylic acids is 1. The van der Waals surface area contributed by atoms with E-state index in [0.717, 1.165) is 43.7 Å². The number of rotatable bonds is 5. The molecule has 1 aliphatic rings. The third-order valence-corrected chi connectivity index (χ3v) is 4.31. The quantitative estimate of drug-likeness (QED) is 0.905. The second-order valence-corrected chi connectivity index (χ2v) is 5.66. The molecule has 0 bridgehead atoms. The van der Waals surface area contributed by atoms with E-state index < -0.39 is 0 Å². The molecule has 1 fully saturated rings. The van der Waals surface area contributed by atoms with Crippen LogP contribution >= 0.6 is 0 Å². The standard InChI is InChI=1S/C17H26N2O2/c1-3-18(4-2)16-9-7-15(8-10-16)17(21)19-11-5-6-14(12-19)13-20/h7-10,14,20H,3-6,11-13H2,1-2H3. The van der Waals surface area contributed by atoms with Crippen molar-refractivity contribution >= 4 is 11.6 Å². The number of amides is 1. The van der Waals surface area contributed by atoms with E-state index in [4.69, 9.17) is 0 Å². The first-order chi connectivity index (χ1) is 10.2. The van der Waals surface area contributed by atoms with E-state index in [9.17, 15) is 9.90 Å². The third kappa shape index (κ3) is 3.76. The Morgan fingerprint density at radius 2 is 1.95 bits per heavy atom. The number of anilines is 1. The highest BCUT2D eigenvalue weighted by Crippen LogP contribution is 2.20. The predicted molar refractivity (Wildman–Crippen MR) is 85.7 cm³/mol. The minimum atomic E-state index is 0.0826. The minimum absolute atomic E-state index is 0.0826. The van der Waals surface area contributed by atoms with E-state index in [1.54, 1.807) is 0 Å². The van der Waals surface area contributed by atoms with E-state index in [1.165, 1.54) is 0 Å². The van der Waals surface area contributed by atoms with Crippen LogP contribution in [0.2, 0.25) is 0 Å². The summed E-state index contributed by atoms with van der Waals surface area (Å²) in [5, 5.41) is 9.27. The fraction of sp³-hybridized carbons (Fsp3) is 0.588. The molecule has 1 saturated heterocycles. The molecule has 1 atom stereocenters. The minimum Gasteiger partial charge on any atom is -0.396 e. The molecule has 4 nitrogen and oxygen atoms in total. The summed E-state index contributed by atoms with van der Waals surface area (Å²) >= 11 is 0. The van der Waals surface area contributed by atoms with Crippen LogP contribution in [0.1, 0.15) is 37.0 Å². The van der Waals surface area contributed by atoms with E-state index in [-0.39, 0.29) is 18.4 Å². The van der Waals surface area contributed by atoms with E-state index in [0.29, 0.717) is 6.54 Å². The Morgan fingerprint density at radius 3 is 2.52 bits per heavy atom. The molecule has 116 valence electrons. The lowest BCUT2D eigenvalue weighted by Gasteiger charge is -2.32. The topological polar surface area (TPSA) is 43.8 Å². The largest absolute Gasteiger partial charge is 0.396 e. The lowest BCUT2D eigenvalue weighted by Crippen LogP contribution is -2.40. The Morgan fingerprint density at radius 1 is 1.29 bits per heavy atom. The molecule has 1 aliphatic heterocycles. The predicted octanol–water partition coefficient (Wildman–Crippen LogP) is 2.38. The zero-order chi connectivity index (χ0) is 15.2. The second-order valence-electron chi connectivity index (χ2n) is 5.66. The molecule has 0 aliphatic carbocycles. The molecule has 2 rings (SSSR count). The van der Waals surface area contributed by atoms with Gasteiger partial charge in [0.1, 0.15) is 0 Å². The molecular weight excluding hydrogens is 264 g/mol. The molecule has 1 unspecified atom stereocenters. The van der Waals surface area contributed by atoms with Crippen molar-refractivity contribution in [3.63, 3.8) is 0 Å². The molecule has 0 aromatic heterocycles. The summed E-state index contributed by atoms with van der Waals surface area (Å²) in [5.74, 6) is 0.317. The fourth-order valence-electron chi connectivity index (χ4n) is 2.98. The van der Waals surface area contributed by atoms with Gasteiger partial charge in [-0.1, -0.05) is 0 Å². The molecule has 1 aromatic rings. The van der Waals surface area contributed by atoms with Gasteiger partial charge in [-0.3, -0.25) is 4.79 Å². The van der Waals surface area contributed by atoms with Crippen LogP contribution in [0.3, 0.4) is 0 Å². The van der Waals surface area contributed by atoms with Crippen LogP contribution in [0, 0.1) is 5.92 Å². The average Bonchev–Trinajstić information content (AvgIpc) is 2.56. The third-order valence-electron chi connectivity index (χ3n) is 4.31. The first kappa shape index (κ1) is 15.8. The van der Waals surface area contributed by atoms with Crippen LogP contribution in [0.4, 0.5) is 5.69 Å². The molecule has 1 N–H and O–H groups in total. The second kappa shape index (κ2) is 7.46. The molecule has 0 radical (unpaired) electrons. The highest BCUT2D eigenvalue weighted by Gasteiger charge is 2.23. The zero-order valence-corrected chi connectivity index (χ0v) is 13.1. The number of nitrogens with zero attached hydrogens (tertiary/aromatic N) is 2. The Hall–Kier alpha value is -1.55. The summed E-state index contributed by atoms with van der Waals surface area (Å²) in [5.41, 5.74) is 1.90. The molecule has 4 heteroatoms. The molecular formula is C17H26N2O2. The number of likely N-dealkylation sites (tertiary alicyclic amines) is 1. The van der Waals surface area contributed by atoms with Gasteiger partial charge >= 0.3 is 0 Å². The van der Waals surface area contributed by atoms with Crippen LogP contribution in [0.15, 0.2) is 24.3 Å². The van der Waals surface area contributed by atoms with Crippen molar-refractivity contribution in [2.45, 2.75) is 26.7 Å². The van der Waals surface area contributed by atoms with Crippen LogP contribution in [-0.2, 0) is 0 Å². The maximum atomic E-state index is 12.5. The molecule has 1 aromatic carbocycles. The smallest absolute Gasteiger partial charge is 0.253 e. The number of aliphatic hydroxyl groups is 1. The first-order valence-electron chi connectivity index (χ1n) is 7.94. The summed E-state index contributed by atoms with van der Waals surface area (Å²) in [6.45, 7) is 7.84. The molecule has 1 amide bonds. The van der Waals surface area contributed by atoms with Gasteiger partial charge in [-0.25, -0.2) is 0 Å². The Bertz CT molecular complexity index is 454. The monoisotopic (exact) mass is 290 g/mol. The Labute approximate surface area is 127 Å². The van der Waals surface area contributed by atoms with Crippen molar-refractivity contribution in [3.05, 3.63) is 29.8 Å². The molecule has 1 heterocycles. The van der Waals surface area contributed by atoms with E-state index >= 15 is 0 Å². The number of aliphatic hydroxyl groups excluding tert-OH is 1. The van der Waals surface area contributed by atoms with Gasteiger partial charge in [0.15, 0.2) is 0 Å². The van der Waals surface area contributed by atoms with Gasteiger partial charge in [-0.05, 0) is 56.9 Å². The first-order valence-corrected chi connectivity index (χ1v) is 7.94. The van der Waals surface area contributed by atoms with E-state index in [1.807, 2.05) is 29.2 Å². The van der Waals surface area contributed by atoms with Gasteiger partial charge in [-0.2, -0.15) is 0 Å². The summed E-state index contributed by atoms with van der Waals surface area (Å²) in [7, 11) is 0. The van der Waals surface area contributed by atoms with Crippen molar-refractivity contribution in [1.29, 1.82) is 0 Å². The Balaban J connectivity index is 2.05. The number of hydrogen-bond donors (Lipinski definition) is 1. The van der Waals surface area contributed by atoms with Crippen molar-refractivity contribution in [2.24, 2.45) is 5.92 Å². The molecule has 0 spiro atoms. The van der Waals surface area contributed by atoms with Crippen molar-refractivity contribution in [1.82, 2.24) is 4.90 Å². The number of carbonyl (C=O) groups is 1. The SMILES string of the molecule is CCN(CC)c1ccc(C(=O)N2CCCC(CO)C2)cc1. The molecule has 0 saturated carbocycles. The van der Waals surface area contributed by atoms with Gasteiger partial charge in [0.2, 0.25) is 0 Å². The summed E-state index contributed by atoms with van der Waals surface area (Å²) in [4.78, 5) is 16.6. The number of benzene rings is 1. The number of hydrogen-bond acceptors (Lipinski definition) is 3. The highest BCUT2D eigenvalue weighted by atomic mass is 16.3. The summed E-state index contributed by atoms with van der Waals surface area (Å²) in [6, 6.07) is 7.87. The van der Waals surface area contributed by atoms with Crippen LogP contribution in [0.5, 0.6) is 0 Å². The average molecular weight is 290 g/mol.